The van der Waals surface area contributed by atoms with Gasteiger partial charge >= 0.3 is 0 Å². The molecule has 0 amide bonds. The molecule has 1 aromatic heterocycles. The molecule has 0 radical (unpaired) electrons. The largest absolute Gasteiger partial charge is 0.367 e. The summed E-state index contributed by atoms with van der Waals surface area (Å²) in [4.78, 5) is 4.71. The van der Waals surface area contributed by atoms with Crippen LogP contribution in [-0.4, -0.2) is 23.3 Å². The highest BCUT2D eigenvalue weighted by atomic mass is 16.5. The summed E-state index contributed by atoms with van der Waals surface area (Å²) >= 11 is 0. The van der Waals surface area contributed by atoms with Crippen LogP contribution in [0.3, 0.4) is 0 Å². The Morgan fingerprint density at radius 2 is 2.10 bits per heavy atom. The van der Waals surface area contributed by atoms with Gasteiger partial charge in [-0.2, -0.15) is 4.98 Å². The van der Waals surface area contributed by atoms with E-state index in [1.165, 1.54) is 25.7 Å². The predicted octanol–water partition coefficient (Wildman–Crippen LogP) is 3.33. The number of aromatic nitrogens is 2. The molecule has 2 heterocycles. The van der Waals surface area contributed by atoms with E-state index in [9.17, 15) is 0 Å². The van der Waals surface area contributed by atoms with E-state index in [1.807, 2.05) is 6.92 Å². The van der Waals surface area contributed by atoms with Gasteiger partial charge < -0.3 is 14.6 Å². The lowest BCUT2D eigenvalue weighted by Crippen LogP contribution is -2.35. The van der Waals surface area contributed by atoms with Crippen LogP contribution < -0.4 is 5.32 Å². The fourth-order valence-corrected chi connectivity index (χ4v) is 3.56. The van der Waals surface area contributed by atoms with Crippen LogP contribution in [0.15, 0.2) is 4.52 Å². The van der Waals surface area contributed by atoms with Gasteiger partial charge in [-0.05, 0) is 57.9 Å². The van der Waals surface area contributed by atoms with E-state index in [2.05, 4.69) is 17.4 Å². The van der Waals surface area contributed by atoms with Crippen molar-refractivity contribution in [2.45, 2.75) is 70.4 Å². The maximum atomic E-state index is 6.10. The summed E-state index contributed by atoms with van der Waals surface area (Å²) in [6.45, 7) is 6.09. The third-order valence-corrected chi connectivity index (χ3v) is 4.96. The van der Waals surface area contributed by atoms with Gasteiger partial charge in [0, 0.05) is 6.61 Å². The summed E-state index contributed by atoms with van der Waals surface area (Å²) in [6, 6.07) is 0.223. The first-order chi connectivity index (χ1) is 10.2. The Hall–Kier alpha value is -0.940. The summed E-state index contributed by atoms with van der Waals surface area (Å²) in [7, 11) is 0. The van der Waals surface area contributed by atoms with E-state index >= 15 is 0 Å². The smallest absolute Gasteiger partial charge is 0.243 e. The summed E-state index contributed by atoms with van der Waals surface area (Å²) in [5.41, 5.74) is -0.322. The Balaban J connectivity index is 1.78. The van der Waals surface area contributed by atoms with Gasteiger partial charge in [-0.3, -0.25) is 0 Å². The molecule has 1 saturated heterocycles. The molecule has 0 bridgehead atoms. The Bertz CT molecular complexity index is 446. The van der Waals surface area contributed by atoms with Crippen LogP contribution in [0.1, 0.15) is 76.6 Å². The van der Waals surface area contributed by atoms with Crippen molar-refractivity contribution in [1.29, 1.82) is 0 Å². The van der Waals surface area contributed by atoms with Gasteiger partial charge in [0.1, 0.15) is 5.60 Å². The molecule has 2 fully saturated rings. The molecule has 21 heavy (non-hydrogen) atoms. The molecule has 1 saturated carbocycles. The Morgan fingerprint density at radius 3 is 2.76 bits per heavy atom. The van der Waals surface area contributed by atoms with Gasteiger partial charge in [-0.1, -0.05) is 18.5 Å². The van der Waals surface area contributed by atoms with Crippen molar-refractivity contribution >= 4 is 0 Å². The lowest BCUT2D eigenvalue weighted by Gasteiger charge is -2.36. The standard InChI is InChI=1S/C16H27N3O2/c1-3-20-16(9-7-12(2)8-10-16)15-18-14(21-19-15)13-6-4-5-11-17-13/h12-13,17H,3-11H2,1-2H3/t12?,13-,16?/m0/s1. The van der Waals surface area contributed by atoms with Crippen LogP contribution in [0.25, 0.3) is 0 Å². The van der Waals surface area contributed by atoms with E-state index in [1.54, 1.807) is 0 Å². The van der Waals surface area contributed by atoms with Gasteiger partial charge in [-0.25, -0.2) is 0 Å². The maximum absolute atomic E-state index is 6.10. The number of hydrogen-bond donors (Lipinski definition) is 1. The molecule has 3 rings (SSSR count). The van der Waals surface area contributed by atoms with Crippen molar-refractivity contribution in [2.24, 2.45) is 5.92 Å². The second kappa shape index (κ2) is 6.44. The molecule has 118 valence electrons. The molecular formula is C16H27N3O2. The summed E-state index contributed by atoms with van der Waals surface area (Å²) in [5, 5.41) is 7.75. The van der Waals surface area contributed by atoms with Gasteiger partial charge in [0.2, 0.25) is 11.7 Å². The molecule has 1 N–H and O–H groups in total. The molecular weight excluding hydrogens is 266 g/mol. The zero-order valence-corrected chi connectivity index (χ0v) is 13.2. The van der Waals surface area contributed by atoms with E-state index < -0.39 is 0 Å². The second-order valence-electron chi connectivity index (χ2n) is 6.57. The average Bonchev–Trinajstić information content (AvgIpc) is 3.01. The van der Waals surface area contributed by atoms with Crippen molar-refractivity contribution in [3.8, 4) is 0 Å². The lowest BCUT2D eigenvalue weighted by atomic mass is 9.79. The first kappa shape index (κ1) is 15.0. The molecule has 0 spiro atoms. The van der Waals surface area contributed by atoms with E-state index in [-0.39, 0.29) is 11.6 Å². The number of piperidine rings is 1. The molecule has 1 aliphatic heterocycles. The van der Waals surface area contributed by atoms with Crippen molar-refractivity contribution in [1.82, 2.24) is 15.5 Å². The first-order valence-electron chi connectivity index (χ1n) is 8.45. The summed E-state index contributed by atoms with van der Waals surface area (Å²) in [6.07, 6.45) is 7.89. The maximum Gasteiger partial charge on any atom is 0.243 e. The quantitative estimate of drug-likeness (QED) is 0.922. The van der Waals surface area contributed by atoms with Crippen LogP contribution in [0, 0.1) is 5.92 Å². The van der Waals surface area contributed by atoms with Crippen molar-refractivity contribution in [2.75, 3.05) is 13.2 Å². The number of ether oxygens (including phenoxy) is 1. The second-order valence-corrected chi connectivity index (χ2v) is 6.57. The molecule has 5 nitrogen and oxygen atoms in total. The van der Waals surface area contributed by atoms with Crippen LogP contribution in [0.2, 0.25) is 0 Å². The number of rotatable bonds is 4. The molecule has 1 atom stereocenters. The minimum Gasteiger partial charge on any atom is -0.367 e. The van der Waals surface area contributed by atoms with Crippen molar-refractivity contribution < 1.29 is 9.26 Å². The van der Waals surface area contributed by atoms with E-state index in [0.717, 1.165) is 43.4 Å². The highest BCUT2D eigenvalue weighted by Crippen LogP contribution is 2.41. The minimum atomic E-state index is -0.322. The van der Waals surface area contributed by atoms with E-state index in [4.69, 9.17) is 14.2 Å². The zero-order valence-electron chi connectivity index (χ0n) is 13.2. The first-order valence-corrected chi connectivity index (χ1v) is 8.45. The van der Waals surface area contributed by atoms with Gasteiger partial charge in [0.05, 0.1) is 6.04 Å². The molecule has 0 aromatic carbocycles. The van der Waals surface area contributed by atoms with Gasteiger partial charge in [0.25, 0.3) is 0 Å². The topological polar surface area (TPSA) is 60.2 Å². The van der Waals surface area contributed by atoms with Crippen molar-refractivity contribution in [3.05, 3.63) is 11.7 Å². The fraction of sp³-hybridized carbons (Fsp3) is 0.875. The minimum absolute atomic E-state index is 0.223. The predicted molar refractivity (Wildman–Crippen MR) is 79.8 cm³/mol. The normalized spacial score (nSPS) is 34.0. The van der Waals surface area contributed by atoms with Crippen LogP contribution in [-0.2, 0) is 10.3 Å². The molecule has 0 unspecified atom stereocenters. The van der Waals surface area contributed by atoms with E-state index in [0.29, 0.717) is 6.61 Å². The Labute approximate surface area is 126 Å². The molecule has 1 aromatic rings. The fourth-order valence-electron chi connectivity index (χ4n) is 3.56. The number of nitrogens with one attached hydrogen (secondary N) is 1. The van der Waals surface area contributed by atoms with Crippen molar-refractivity contribution in [3.63, 3.8) is 0 Å². The van der Waals surface area contributed by atoms with Crippen LogP contribution >= 0.6 is 0 Å². The van der Waals surface area contributed by atoms with Gasteiger partial charge in [0.15, 0.2) is 0 Å². The average molecular weight is 293 g/mol. The lowest BCUT2D eigenvalue weighted by molar-refractivity contribution is -0.0847. The highest BCUT2D eigenvalue weighted by Gasteiger charge is 2.41. The molecule has 2 aliphatic rings. The molecule has 1 aliphatic carbocycles. The van der Waals surface area contributed by atoms with Crippen LogP contribution in [0.5, 0.6) is 0 Å². The highest BCUT2D eigenvalue weighted by molar-refractivity contribution is 5.06. The van der Waals surface area contributed by atoms with Gasteiger partial charge in [-0.15, -0.1) is 0 Å². The summed E-state index contributed by atoms with van der Waals surface area (Å²) in [5.74, 6) is 2.27. The monoisotopic (exact) mass is 293 g/mol. The molecule has 5 heteroatoms. The Morgan fingerprint density at radius 1 is 1.29 bits per heavy atom. The third kappa shape index (κ3) is 3.14. The third-order valence-electron chi connectivity index (χ3n) is 4.96. The SMILES string of the molecule is CCOC1(c2noc([C@@H]3CCCCN3)n2)CCC(C)CC1. The summed E-state index contributed by atoms with van der Waals surface area (Å²) < 4.78 is 11.7. The zero-order chi connectivity index (χ0) is 14.7. The Kier molecular flexibility index (Phi) is 4.60. The number of nitrogens with zero attached hydrogens (tertiary/aromatic N) is 2. The van der Waals surface area contributed by atoms with Crippen LogP contribution in [0.4, 0.5) is 0 Å². The number of hydrogen-bond acceptors (Lipinski definition) is 5.